The van der Waals surface area contributed by atoms with Crippen LogP contribution in [-0.4, -0.2) is 48.4 Å². The number of hydrogen-bond acceptors (Lipinski definition) is 3. The van der Waals surface area contributed by atoms with Crippen LogP contribution in [0.4, 0.5) is 10.1 Å². The smallest absolute Gasteiger partial charge is 0.238 e. The third-order valence-electron chi connectivity index (χ3n) is 4.26. The summed E-state index contributed by atoms with van der Waals surface area (Å²) in [6, 6.07) is 14.3. The van der Waals surface area contributed by atoms with Gasteiger partial charge in [0.25, 0.3) is 0 Å². The van der Waals surface area contributed by atoms with Crippen molar-refractivity contribution in [2.45, 2.75) is 6.54 Å². The fourth-order valence-corrected chi connectivity index (χ4v) is 3.20. The van der Waals surface area contributed by atoms with Crippen LogP contribution >= 0.6 is 15.9 Å². The largest absolute Gasteiger partial charge is 0.325 e. The average Bonchev–Trinajstić information content (AvgIpc) is 2.59. The van der Waals surface area contributed by atoms with Gasteiger partial charge in [-0.3, -0.25) is 14.6 Å². The summed E-state index contributed by atoms with van der Waals surface area (Å²) >= 11 is 3.38. The van der Waals surface area contributed by atoms with Crippen molar-refractivity contribution < 1.29 is 9.18 Å². The van der Waals surface area contributed by atoms with Crippen molar-refractivity contribution in [3.8, 4) is 0 Å². The molecule has 0 bridgehead atoms. The summed E-state index contributed by atoms with van der Waals surface area (Å²) in [7, 11) is 0. The lowest BCUT2D eigenvalue weighted by atomic mass is 10.2. The monoisotopic (exact) mass is 405 g/mol. The topological polar surface area (TPSA) is 35.6 Å². The lowest BCUT2D eigenvalue weighted by Crippen LogP contribution is -2.48. The maximum Gasteiger partial charge on any atom is 0.238 e. The molecule has 4 nitrogen and oxygen atoms in total. The molecule has 2 aromatic rings. The van der Waals surface area contributed by atoms with Gasteiger partial charge < -0.3 is 5.32 Å². The van der Waals surface area contributed by atoms with E-state index in [1.807, 2.05) is 30.3 Å². The minimum atomic E-state index is -0.194. The zero-order chi connectivity index (χ0) is 17.6. The number of nitrogens with one attached hydrogen (secondary N) is 1. The first-order valence-electron chi connectivity index (χ1n) is 8.33. The highest BCUT2D eigenvalue weighted by molar-refractivity contribution is 9.10. The lowest BCUT2D eigenvalue weighted by molar-refractivity contribution is -0.117. The molecule has 6 heteroatoms. The molecule has 25 heavy (non-hydrogen) atoms. The molecule has 0 unspecified atom stereocenters. The number of piperazine rings is 1. The minimum absolute atomic E-state index is 0.000836. The summed E-state index contributed by atoms with van der Waals surface area (Å²) in [4.78, 5) is 16.6. The van der Waals surface area contributed by atoms with E-state index in [1.165, 1.54) is 6.07 Å². The van der Waals surface area contributed by atoms with E-state index in [4.69, 9.17) is 0 Å². The summed E-state index contributed by atoms with van der Waals surface area (Å²) in [6.07, 6.45) is 0. The molecule has 2 aromatic carbocycles. The predicted octanol–water partition coefficient (Wildman–Crippen LogP) is 3.34. The van der Waals surface area contributed by atoms with Crippen molar-refractivity contribution in [2.75, 3.05) is 38.0 Å². The van der Waals surface area contributed by atoms with Crippen LogP contribution in [0.3, 0.4) is 0 Å². The molecule has 1 fully saturated rings. The Morgan fingerprint density at radius 1 is 1.04 bits per heavy atom. The van der Waals surface area contributed by atoms with Crippen molar-refractivity contribution in [3.63, 3.8) is 0 Å². The standard InChI is InChI=1S/C19H21BrFN3O/c20-16-4-6-18(7-5-16)22-19(25)14-24-10-8-23(9-11-24)13-15-2-1-3-17(21)12-15/h1-7,12H,8-11,13-14H2,(H,22,25). The molecule has 1 heterocycles. The Morgan fingerprint density at radius 2 is 1.72 bits per heavy atom. The van der Waals surface area contributed by atoms with Crippen molar-refractivity contribution >= 4 is 27.5 Å². The number of benzene rings is 2. The second kappa shape index (κ2) is 8.56. The number of carbonyl (C=O) groups excluding carboxylic acids is 1. The van der Waals surface area contributed by atoms with Gasteiger partial charge in [-0.1, -0.05) is 28.1 Å². The van der Waals surface area contributed by atoms with E-state index in [1.54, 1.807) is 12.1 Å². The predicted molar refractivity (Wildman–Crippen MR) is 101 cm³/mol. The molecule has 1 saturated heterocycles. The van der Waals surface area contributed by atoms with Crippen LogP contribution in [0.15, 0.2) is 53.0 Å². The first-order valence-corrected chi connectivity index (χ1v) is 9.12. The fourth-order valence-electron chi connectivity index (χ4n) is 2.94. The summed E-state index contributed by atoms with van der Waals surface area (Å²) in [5.41, 5.74) is 1.79. The Hall–Kier alpha value is -1.76. The van der Waals surface area contributed by atoms with E-state index in [0.29, 0.717) is 6.54 Å². The summed E-state index contributed by atoms with van der Waals surface area (Å²) in [6.45, 7) is 4.57. The number of nitrogens with zero attached hydrogens (tertiary/aromatic N) is 2. The lowest BCUT2D eigenvalue weighted by Gasteiger charge is -2.34. The Morgan fingerprint density at radius 3 is 2.40 bits per heavy atom. The zero-order valence-electron chi connectivity index (χ0n) is 13.9. The highest BCUT2D eigenvalue weighted by Crippen LogP contribution is 2.14. The molecule has 0 aromatic heterocycles. The molecule has 0 aliphatic carbocycles. The molecule has 0 spiro atoms. The molecule has 1 N–H and O–H groups in total. The number of anilines is 1. The number of halogens is 2. The average molecular weight is 406 g/mol. The van der Waals surface area contributed by atoms with Crippen LogP contribution in [0.5, 0.6) is 0 Å². The van der Waals surface area contributed by atoms with Gasteiger partial charge in [-0.2, -0.15) is 0 Å². The maximum atomic E-state index is 13.3. The highest BCUT2D eigenvalue weighted by atomic mass is 79.9. The van der Waals surface area contributed by atoms with E-state index in [-0.39, 0.29) is 11.7 Å². The SMILES string of the molecule is O=C(CN1CCN(Cc2cccc(F)c2)CC1)Nc1ccc(Br)cc1. The first-order chi connectivity index (χ1) is 12.1. The van der Waals surface area contributed by atoms with Crippen LogP contribution in [0.25, 0.3) is 0 Å². The van der Waals surface area contributed by atoms with Gasteiger partial charge in [0.15, 0.2) is 0 Å². The number of carbonyl (C=O) groups is 1. The molecule has 132 valence electrons. The van der Waals surface area contributed by atoms with E-state index >= 15 is 0 Å². The second-order valence-electron chi connectivity index (χ2n) is 6.24. The van der Waals surface area contributed by atoms with Gasteiger partial charge in [0.05, 0.1) is 6.54 Å². The quantitative estimate of drug-likeness (QED) is 0.828. The highest BCUT2D eigenvalue weighted by Gasteiger charge is 2.19. The molecule has 1 amide bonds. The number of amides is 1. The molecule has 0 atom stereocenters. The Balaban J connectivity index is 1.42. The van der Waals surface area contributed by atoms with E-state index in [0.717, 1.165) is 48.4 Å². The molecule has 1 aliphatic heterocycles. The van der Waals surface area contributed by atoms with Gasteiger partial charge in [0, 0.05) is 42.9 Å². The maximum absolute atomic E-state index is 13.3. The molecular weight excluding hydrogens is 385 g/mol. The zero-order valence-corrected chi connectivity index (χ0v) is 15.5. The van der Waals surface area contributed by atoms with Crippen LogP contribution < -0.4 is 5.32 Å². The Labute approximate surface area is 155 Å². The summed E-state index contributed by atoms with van der Waals surface area (Å²) < 4.78 is 14.2. The van der Waals surface area contributed by atoms with Crippen LogP contribution in [0.1, 0.15) is 5.56 Å². The van der Waals surface area contributed by atoms with Gasteiger partial charge in [-0.25, -0.2) is 4.39 Å². The second-order valence-corrected chi connectivity index (χ2v) is 7.15. The van der Waals surface area contributed by atoms with Gasteiger partial charge in [-0.05, 0) is 42.0 Å². The van der Waals surface area contributed by atoms with Gasteiger partial charge >= 0.3 is 0 Å². The normalized spacial score (nSPS) is 15.9. The summed E-state index contributed by atoms with van der Waals surface area (Å²) in [5, 5.41) is 2.92. The van der Waals surface area contributed by atoms with E-state index in [9.17, 15) is 9.18 Å². The summed E-state index contributed by atoms with van der Waals surface area (Å²) in [5.74, 6) is -0.193. The van der Waals surface area contributed by atoms with E-state index in [2.05, 4.69) is 31.0 Å². The van der Waals surface area contributed by atoms with Gasteiger partial charge in [0.2, 0.25) is 5.91 Å². The van der Waals surface area contributed by atoms with Crippen molar-refractivity contribution in [1.29, 1.82) is 0 Å². The third kappa shape index (κ3) is 5.63. The number of rotatable bonds is 5. The minimum Gasteiger partial charge on any atom is -0.325 e. The molecular formula is C19H21BrFN3O. The Bertz CT molecular complexity index is 715. The molecule has 1 aliphatic rings. The number of hydrogen-bond donors (Lipinski definition) is 1. The Kier molecular flexibility index (Phi) is 6.18. The molecule has 0 saturated carbocycles. The van der Waals surface area contributed by atoms with Gasteiger partial charge in [0.1, 0.15) is 5.82 Å². The fraction of sp³-hybridized carbons (Fsp3) is 0.316. The third-order valence-corrected chi connectivity index (χ3v) is 4.78. The van der Waals surface area contributed by atoms with Crippen LogP contribution in [-0.2, 0) is 11.3 Å². The molecule has 0 radical (unpaired) electrons. The van der Waals surface area contributed by atoms with Crippen molar-refractivity contribution in [3.05, 3.63) is 64.4 Å². The van der Waals surface area contributed by atoms with Crippen LogP contribution in [0, 0.1) is 5.82 Å². The van der Waals surface area contributed by atoms with Gasteiger partial charge in [-0.15, -0.1) is 0 Å². The first kappa shape index (κ1) is 18.0. The van der Waals surface area contributed by atoms with Crippen LogP contribution in [0.2, 0.25) is 0 Å². The van der Waals surface area contributed by atoms with Crippen molar-refractivity contribution in [1.82, 2.24) is 9.80 Å². The van der Waals surface area contributed by atoms with E-state index < -0.39 is 0 Å². The molecule has 3 rings (SSSR count). The van der Waals surface area contributed by atoms with Crippen molar-refractivity contribution in [2.24, 2.45) is 0 Å².